The van der Waals surface area contributed by atoms with E-state index in [1.54, 1.807) is 60.7 Å². The van der Waals surface area contributed by atoms with Crippen molar-refractivity contribution in [3.05, 3.63) is 94.0 Å². The zero-order chi connectivity index (χ0) is 42.7. The zero-order valence-electron chi connectivity index (χ0n) is 32.9. The van der Waals surface area contributed by atoms with Crippen molar-refractivity contribution in [3.8, 4) is 46.0 Å². The third kappa shape index (κ3) is 12.0. The third-order valence-corrected chi connectivity index (χ3v) is 9.03. The SMILES string of the molecule is COc1cccc(/C=N/OCCO/N=C/c2ccc(C=N[C@H]3CCCC[C@H]3N=Cc3ccc(/C=N/OCCO/N=C/c4cccc(OC)c4O)c(O)c3O)c(O)c2O)c1O. The van der Waals surface area contributed by atoms with Gasteiger partial charge in [0.1, 0.15) is 0 Å². The minimum absolute atomic E-state index is 0.0352. The number of aromatic hydroxyl groups is 6. The van der Waals surface area contributed by atoms with Gasteiger partial charge in [0.2, 0.25) is 0 Å². The predicted octanol–water partition coefficient (Wildman–Crippen LogP) is 5.59. The molecule has 0 amide bonds. The summed E-state index contributed by atoms with van der Waals surface area (Å²) in [4.78, 5) is 29.9. The van der Waals surface area contributed by atoms with Crippen LogP contribution < -0.4 is 9.47 Å². The van der Waals surface area contributed by atoms with Crippen molar-refractivity contribution in [2.75, 3.05) is 40.6 Å². The highest BCUT2D eigenvalue weighted by Gasteiger charge is 2.24. The topological polar surface area (TPSA) is 251 Å². The molecule has 0 aliphatic heterocycles. The van der Waals surface area contributed by atoms with E-state index in [-0.39, 0.29) is 72.6 Å². The summed E-state index contributed by atoms with van der Waals surface area (Å²) in [5.41, 5.74) is 1.85. The number of nitrogens with zero attached hydrogens (tertiary/aromatic N) is 6. The Bertz CT molecular complexity index is 2070. The van der Waals surface area contributed by atoms with Crippen LogP contribution in [0, 0.1) is 0 Å². The summed E-state index contributed by atoms with van der Waals surface area (Å²) in [5.74, 6) is -1.06. The number of hydrogen-bond acceptors (Lipinski definition) is 18. The van der Waals surface area contributed by atoms with Crippen molar-refractivity contribution in [3.63, 3.8) is 0 Å². The second kappa shape index (κ2) is 22.4. The molecule has 0 aromatic heterocycles. The molecule has 18 nitrogen and oxygen atoms in total. The molecular weight excluding hydrogens is 780 g/mol. The molecule has 0 bridgehead atoms. The first-order valence-electron chi connectivity index (χ1n) is 18.7. The van der Waals surface area contributed by atoms with Crippen molar-refractivity contribution in [1.82, 2.24) is 0 Å². The fraction of sp³-hybridized carbons (Fsp3) is 0.286. The largest absolute Gasteiger partial charge is 0.504 e. The maximum Gasteiger partial charge on any atom is 0.167 e. The van der Waals surface area contributed by atoms with Crippen LogP contribution in [0.5, 0.6) is 46.0 Å². The lowest BCUT2D eigenvalue weighted by molar-refractivity contribution is 0.0553. The molecule has 0 heterocycles. The average molecular weight is 827 g/mol. The molecule has 1 fully saturated rings. The number of aliphatic imine (C=N–C) groups is 2. The molecule has 1 aliphatic rings. The monoisotopic (exact) mass is 826 g/mol. The summed E-state index contributed by atoms with van der Waals surface area (Å²) in [6, 6.07) is 15.7. The Balaban J connectivity index is 1.08. The lowest BCUT2D eigenvalue weighted by Gasteiger charge is -2.25. The predicted molar refractivity (Wildman–Crippen MR) is 224 cm³/mol. The van der Waals surface area contributed by atoms with E-state index >= 15 is 0 Å². The summed E-state index contributed by atoms with van der Waals surface area (Å²) in [6.07, 6.45) is 11.5. The number of rotatable bonds is 20. The highest BCUT2D eigenvalue weighted by molar-refractivity contribution is 5.92. The molecule has 0 saturated heterocycles. The van der Waals surface area contributed by atoms with Crippen LogP contribution in [-0.2, 0) is 19.4 Å². The molecule has 0 spiro atoms. The summed E-state index contributed by atoms with van der Waals surface area (Å²) < 4.78 is 10.1. The van der Waals surface area contributed by atoms with Crippen LogP contribution in [0.1, 0.15) is 59.1 Å². The smallest absolute Gasteiger partial charge is 0.167 e. The van der Waals surface area contributed by atoms with Crippen LogP contribution in [0.4, 0.5) is 0 Å². The minimum atomic E-state index is -0.401. The van der Waals surface area contributed by atoms with Gasteiger partial charge in [-0.15, -0.1) is 0 Å². The molecule has 18 heteroatoms. The quantitative estimate of drug-likeness (QED) is 0.0276. The summed E-state index contributed by atoms with van der Waals surface area (Å²) in [6.45, 7) is 0.174. The summed E-state index contributed by atoms with van der Waals surface area (Å²) in [7, 11) is 2.89. The molecule has 4 aromatic rings. The average Bonchev–Trinajstić information content (AvgIpc) is 3.26. The van der Waals surface area contributed by atoms with Crippen molar-refractivity contribution < 1.29 is 59.5 Å². The van der Waals surface area contributed by atoms with Gasteiger partial charge in [0, 0.05) is 45.8 Å². The lowest BCUT2D eigenvalue weighted by atomic mass is 9.91. The number of methoxy groups -OCH3 is 2. The van der Waals surface area contributed by atoms with Crippen LogP contribution >= 0.6 is 0 Å². The van der Waals surface area contributed by atoms with Gasteiger partial charge < -0.3 is 59.5 Å². The van der Waals surface area contributed by atoms with Gasteiger partial charge in [-0.25, -0.2) is 0 Å². The van der Waals surface area contributed by atoms with E-state index < -0.39 is 11.5 Å². The second-order valence-electron chi connectivity index (χ2n) is 12.9. The molecule has 1 aliphatic carbocycles. The Hall–Kier alpha value is -7.50. The zero-order valence-corrected chi connectivity index (χ0v) is 32.9. The summed E-state index contributed by atoms with van der Waals surface area (Å²) >= 11 is 0. The number of phenolic OH excluding ortho intramolecular Hbond substituents is 6. The first-order chi connectivity index (χ1) is 29.2. The number of oxime groups is 4. The van der Waals surface area contributed by atoms with Crippen LogP contribution in [0.25, 0.3) is 0 Å². The molecule has 1 saturated carbocycles. The molecule has 0 unspecified atom stereocenters. The molecule has 6 N–H and O–H groups in total. The van der Waals surface area contributed by atoms with E-state index in [9.17, 15) is 30.6 Å². The van der Waals surface area contributed by atoms with Gasteiger partial charge in [0.15, 0.2) is 72.4 Å². The Kier molecular flexibility index (Phi) is 16.3. The van der Waals surface area contributed by atoms with E-state index in [0.717, 1.165) is 25.7 Å². The van der Waals surface area contributed by atoms with E-state index in [4.69, 9.17) is 28.8 Å². The number of ether oxygens (including phenoxy) is 2. The Morgan fingerprint density at radius 1 is 0.433 bits per heavy atom. The lowest BCUT2D eigenvalue weighted by Crippen LogP contribution is -2.27. The van der Waals surface area contributed by atoms with Gasteiger partial charge in [0.25, 0.3) is 0 Å². The summed E-state index contributed by atoms with van der Waals surface area (Å²) in [5, 5.41) is 77.9. The Morgan fingerprint density at radius 2 is 0.733 bits per heavy atom. The standard InChI is InChI=1S/C42H46N6O12/c1-55-35-11-5-7-27(37(35)49)23-45-57-17-19-59-47-25-31-15-13-29(39(51)41(31)53)21-43-33-9-3-4-10-34(33)44-22-30-14-16-32(42(54)40(30)52)26-48-60-20-18-58-46-24-28-8-6-12-36(56-2)38(28)50/h5-8,11-16,21-26,33-34,49-54H,3-4,9-10,17-20H2,1-2H3/b43-21?,44-22?,45-23+,46-24+,47-25+,48-26+/t33-,34+. The van der Waals surface area contributed by atoms with Crippen LogP contribution in [-0.4, -0.2) is 121 Å². The first kappa shape index (κ1) is 43.6. The molecular formula is C42H46N6O12. The van der Waals surface area contributed by atoms with E-state index in [1.165, 1.54) is 51.5 Å². The molecule has 4 aromatic carbocycles. The fourth-order valence-electron chi connectivity index (χ4n) is 5.78. The Morgan fingerprint density at radius 3 is 1.05 bits per heavy atom. The van der Waals surface area contributed by atoms with Crippen molar-refractivity contribution in [2.24, 2.45) is 30.6 Å². The normalized spacial score (nSPS) is 15.8. The van der Waals surface area contributed by atoms with Crippen molar-refractivity contribution >= 4 is 37.3 Å². The minimum Gasteiger partial charge on any atom is -0.504 e. The van der Waals surface area contributed by atoms with E-state index in [2.05, 4.69) is 30.6 Å². The maximum atomic E-state index is 10.7. The van der Waals surface area contributed by atoms with Crippen LogP contribution in [0.3, 0.4) is 0 Å². The number of hydrogen-bond donors (Lipinski definition) is 6. The molecule has 60 heavy (non-hydrogen) atoms. The number of benzene rings is 4. The van der Waals surface area contributed by atoms with Gasteiger partial charge >= 0.3 is 0 Å². The van der Waals surface area contributed by atoms with Gasteiger partial charge in [-0.1, -0.05) is 45.6 Å². The van der Waals surface area contributed by atoms with E-state index in [1.807, 2.05) is 0 Å². The molecule has 316 valence electrons. The third-order valence-electron chi connectivity index (χ3n) is 9.03. The van der Waals surface area contributed by atoms with Gasteiger partial charge in [0.05, 0.1) is 51.2 Å². The molecule has 5 rings (SSSR count). The van der Waals surface area contributed by atoms with Crippen molar-refractivity contribution in [1.29, 1.82) is 0 Å². The number of para-hydroxylation sites is 2. The van der Waals surface area contributed by atoms with Crippen LogP contribution in [0.15, 0.2) is 91.3 Å². The maximum absolute atomic E-state index is 10.7. The number of phenols is 6. The van der Waals surface area contributed by atoms with Gasteiger partial charge in [-0.05, 0) is 61.4 Å². The fourth-order valence-corrected chi connectivity index (χ4v) is 5.78. The van der Waals surface area contributed by atoms with Gasteiger partial charge in [-0.2, -0.15) is 0 Å². The van der Waals surface area contributed by atoms with Crippen LogP contribution in [0.2, 0.25) is 0 Å². The van der Waals surface area contributed by atoms with Gasteiger partial charge in [-0.3, -0.25) is 9.98 Å². The van der Waals surface area contributed by atoms with E-state index in [0.29, 0.717) is 33.8 Å². The highest BCUT2D eigenvalue weighted by atomic mass is 16.7. The molecule has 2 atom stereocenters. The molecule has 0 radical (unpaired) electrons. The second-order valence-corrected chi connectivity index (χ2v) is 12.9. The first-order valence-corrected chi connectivity index (χ1v) is 18.7. The Labute approximate surface area is 345 Å². The van der Waals surface area contributed by atoms with Crippen molar-refractivity contribution in [2.45, 2.75) is 37.8 Å². The highest BCUT2D eigenvalue weighted by Crippen LogP contribution is 2.34.